The SMILES string of the molecule is COc1cccc(N2CCCC(N)(CF)CC2)c1. The van der Waals surface area contributed by atoms with E-state index < -0.39 is 12.2 Å². The summed E-state index contributed by atoms with van der Waals surface area (Å²) in [5.74, 6) is 0.848. The number of nitrogens with two attached hydrogens (primary N) is 1. The minimum Gasteiger partial charge on any atom is -0.497 e. The number of rotatable bonds is 3. The van der Waals surface area contributed by atoms with Crippen LogP contribution in [0.15, 0.2) is 24.3 Å². The van der Waals surface area contributed by atoms with Crippen molar-refractivity contribution in [3.8, 4) is 5.75 Å². The Kier molecular flexibility index (Phi) is 4.07. The van der Waals surface area contributed by atoms with E-state index in [-0.39, 0.29) is 0 Å². The molecule has 1 aromatic rings. The molecule has 0 amide bonds. The first-order valence-corrected chi connectivity index (χ1v) is 6.41. The molecule has 3 nitrogen and oxygen atoms in total. The van der Waals surface area contributed by atoms with Gasteiger partial charge in [0.25, 0.3) is 0 Å². The lowest BCUT2D eigenvalue weighted by Crippen LogP contribution is -2.43. The van der Waals surface area contributed by atoms with Crippen molar-refractivity contribution in [3.63, 3.8) is 0 Å². The molecule has 18 heavy (non-hydrogen) atoms. The van der Waals surface area contributed by atoms with Crippen LogP contribution in [0.25, 0.3) is 0 Å². The third-order valence-electron chi connectivity index (χ3n) is 3.67. The average molecular weight is 252 g/mol. The van der Waals surface area contributed by atoms with Crippen molar-refractivity contribution >= 4 is 5.69 Å². The predicted octanol–water partition coefficient (Wildman–Crippen LogP) is 2.35. The molecule has 4 heteroatoms. The van der Waals surface area contributed by atoms with Gasteiger partial charge in [-0.25, -0.2) is 4.39 Å². The van der Waals surface area contributed by atoms with Crippen molar-refractivity contribution in [3.05, 3.63) is 24.3 Å². The summed E-state index contributed by atoms with van der Waals surface area (Å²) in [6.45, 7) is 1.29. The second kappa shape index (κ2) is 5.57. The van der Waals surface area contributed by atoms with Gasteiger partial charge in [-0.15, -0.1) is 0 Å². The Labute approximate surface area is 108 Å². The lowest BCUT2D eigenvalue weighted by atomic mass is 9.94. The van der Waals surface area contributed by atoms with Crippen LogP contribution in [0.4, 0.5) is 10.1 Å². The molecule has 1 unspecified atom stereocenters. The average Bonchev–Trinajstić information content (AvgIpc) is 2.62. The summed E-state index contributed by atoms with van der Waals surface area (Å²) in [5.41, 5.74) is 6.52. The molecular formula is C14H21FN2O. The third kappa shape index (κ3) is 2.93. The van der Waals surface area contributed by atoms with Crippen LogP contribution in [0, 0.1) is 0 Å². The number of hydrogen-bond acceptors (Lipinski definition) is 3. The quantitative estimate of drug-likeness (QED) is 0.897. The maximum absolute atomic E-state index is 12.9. The number of ether oxygens (including phenoxy) is 1. The van der Waals surface area contributed by atoms with E-state index >= 15 is 0 Å². The molecule has 1 aliphatic heterocycles. The fourth-order valence-electron chi connectivity index (χ4n) is 2.42. The molecule has 0 aromatic heterocycles. The molecule has 100 valence electrons. The highest BCUT2D eigenvalue weighted by Gasteiger charge is 2.28. The van der Waals surface area contributed by atoms with Crippen molar-refractivity contribution in [2.45, 2.75) is 24.8 Å². The van der Waals surface area contributed by atoms with E-state index in [4.69, 9.17) is 10.5 Å². The Morgan fingerprint density at radius 1 is 1.39 bits per heavy atom. The second-order valence-electron chi connectivity index (χ2n) is 5.04. The van der Waals surface area contributed by atoms with E-state index in [1.54, 1.807) is 7.11 Å². The molecule has 1 aromatic carbocycles. The lowest BCUT2D eigenvalue weighted by molar-refractivity contribution is 0.282. The number of methoxy groups -OCH3 is 1. The Bertz CT molecular complexity index is 399. The highest BCUT2D eigenvalue weighted by Crippen LogP contribution is 2.26. The Morgan fingerprint density at radius 3 is 2.94 bits per heavy atom. The van der Waals surface area contributed by atoms with Gasteiger partial charge >= 0.3 is 0 Å². The van der Waals surface area contributed by atoms with E-state index in [1.807, 2.05) is 18.2 Å². The van der Waals surface area contributed by atoms with E-state index in [0.717, 1.165) is 37.4 Å². The first-order chi connectivity index (χ1) is 8.67. The molecular weight excluding hydrogens is 231 g/mol. The number of benzene rings is 1. The highest BCUT2D eigenvalue weighted by atomic mass is 19.1. The maximum atomic E-state index is 12.9. The van der Waals surface area contributed by atoms with Gasteiger partial charge in [-0.2, -0.15) is 0 Å². The molecule has 0 radical (unpaired) electrons. The van der Waals surface area contributed by atoms with Gasteiger partial charge in [-0.1, -0.05) is 6.07 Å². The van der Waals surface area contributed by atoms with E-state index in [2.05, 4.69) is 11.0 Å². The van der Waals surface area contributed by atoms with Crippen molar-refractivity contribution in [1.29, 1.82) is 0 Å². The zero-order valence-electron chi connectivity index (χ0n) is 10.9. The Balaban J connectivity index is 2.09. The Hall–Kier alpha value is -1.29. The second-order valence-corrected chi connectivity index (χ2v) is 5.04. The van der Waals surface area contributed by atoms with Crippen LogP contribution in [0.3, 0.4) is 0 Å². The molecule has 1 heterocycles. The van der Waals surface area contributed by atoms with Gasteiger partial charge in [0, 0.05) is 30.4 Å². The fraction of sp³-hybridized carbons (Fsp3) is 0.571. The van der Waals surface area contributed by atoms with Gasteiger partial charge < -0.3 is 15.4 Å². The summed E-state index contributed by atoms with van der Waals surface area (Å²) in [5, 5.41) is 0. The normalized spacial score (nSPS) is 24.7. The summed E-state index contributed by atoms with van der Waals surface area (Å²) in [6.07, 6.45) is 2.38. The molecule has 0 spiro atoms. The molecule has 2 N–H and O–H groups in total. The van der Waals surface area contributed by atoms with Gasteiger partial charge in [0.1, 0.15) is 12.4 Å². The van der Waals surface area contributed by atoms with Crippen LogP contribution in [0.1, 0.15) is 19.3 Å². The van der Waals surface area contributed by atoms with Gasteiger partial charge in [-0.3, -0.25) is 0 Å². The topological polar surface area (TPSA) is 38.5 Å². The van der Waals surface area contributed by atoms with Gasteiger partial charge in [0.05, 0.1) is 7.11 Å². The van der Waals surface area contributed by atoms with Gasteiger partial charge in [-0.05, 0) is 31.4 Å². The van der Waals surface area contributed by atoms with Crippen molar-refractivity contribution < 1.29 is 9.13 Å². The van der Waals surface area contributed by atoms with Gasteiger partial charge in [0.2, 0.25) is 0 Å². The number of alkyl halides is 1. The molecule has 1 aliphatic rings. The van der Waals surface area contributed by atoms with Crippen LogP contribution in [-0.4, -0.2) is 32.4 Å². The van der Waals surface area contributed by atoms with Crippen LogP contribution < -0.4 is 15.4 Å². The lowest BCUT2D eigenvalue weighted by Gasteiger charge is -2.26. The third-order valence-corrected chi connectivity index (χ3v) is 3.67. The first kappa shape index (κ1) is 13.1. The fourth-order valence-corrected chi connectivity index (χ4v) is 2.42. The predicted molar refractivity (Wildman–Crippen MR) is 72.0 cm³/mol. The van der Waals surface area contributed by atoms with Crippen molar-refractivity contribution in [1.82, 2.24) is 0 Å². The number of hydrogen-bond donors (Lipinski definition) is 1. The molecule has 1 atom stereocenters. The van der Waals surface area contributed by atoms with E-state index in [0.29, 0.717) is 6.42 Å². The van der Waals surface area contributed by atoms with Crippen LogP contribution >= 0.6 is 0 Å². The van der Waals surface area contributed by atoms with Crippen LogP contribution in [-0.2, 0) is 0 Å². The minimum atomic E-state index is -0.631. The summed E-state index contributed by atoms with van der Waals surface area (Å²) in [6, 6.07) is 7.97. The zero-order valence-corrected chi connectivity index (χ0v) is 10.9. The van der Waals surface area contributed by atoms with Crippen LogP contribution in [0.2, 0.25) is 0 Å². The first-order valence-electron chi connectivity index (χ1n) is 6.41. The van der Waals surface area contributed by atoms with Crippen molar-refractivity contribution in [2.24, 2.45) is 5.73 Å². The summed E-state index contributed by atoms with van der Waals surface area (Å²) < 4.78 is 18.2. The number of halogens is 1. The summed E-state index contributed by atoms with van der Waals surface area (Å²) in [4.78, 5) is 2.26. The smallest absolute Gasteiger partial charge is 0.120 e. The number of anilines is 1. The summed E-state index contributed by atoms with van der Waals surface area (Å²) >= 11 is 0. The van der Waals surface area contributed by atoms with E-state index in [9.17, 15) is 4.39 Å². The zero-order chi connectivity index (χ0) is 13.0. The Morgan fingerprint density at radius 2 is 2.22 bits per heavy atom. The van der Waals surface area contributed by atoms with E-state index in [1.165, 1.54) is 0 Å². The molecule has 2 rings (SSSR count). The summed E-state index contributed by atoms with van der Waals surface area (Å²) in [7, 11) is 1.66. The molecule has 0 aliphatic carbocycles. The van der Waals surface area contributed by atoms with Crippen molar-refractivity contribution in [2.75, 3.05) is 31.8 Å². The monoisotopic (exact) mass is 252 g/mol. The molecule has 0 bridgehead atoms. The minimum absolute atomic E-state index is 0.432. The standard InChI is InChI=1S/C14H21FN2O/c1-18-13-5-2-4-12(10-13)17-8-3-6-14(16,11-15)7-9-17/h2,4-5,10H,3,6-9,11,16H2,1H3. The molecule has 1 saturated heterocycles. The van der Waals surface area contributed by atoms with Crippen LogP contribution in [0.5, 0.6) is 5.75 Å². The molecule has 0 saturated carbocycles. The number of nitrogens with zero attached hydrogens (tertiary/aromatic N) is 1. The van der Waals surface area contributed by atoms with Gasteiger partial charge in [0.15, 0.2) is 0 Å². The molecule has 1 fully saturated rings. The maximum Gasteiger partial charge on any atom is 0.120 e. The highest BCUT2D eigenvalue weighted by molar-refractivity contribution is 5.50. The largest absolute Gasteiger partial charge is 0.497 e.